The molecule has 2 aromatic rings. The summed E-state index contributed by atoms with van der Waals surface area (Å²) in [4.78, 5) is 55.4. The van der Waals surface area contributed by atoms with E-state index in [1.54, 1.807) is 19.4 Å². The summed E-state index contributed by atoms with van der Waals surface area (Å²) in [5.74, 6) is -2.58. The second-order valence-electron chi connectivity index (χ2n) is 8.10. The number of fused-ring (bicyclic) bond motifs is 1. The van der Waals surface area contributed by atoms with Crippen LogP contribution in [0.15, 0.2) is 35.8 Å². The molecule has 0 aliphatic carbocycles. The molecule has 2 unspecified atom stereocenters. The van der Waals surface area contributed by atoms with Gasteiger partial charge in [-0.2, -0.15) is 0 Å². The van der Waals surface area contributed by atoms with E-state index < -0.39 is 29.7 Å². The Labute approximate surface area is 190 Å². The van der Waals surface area contributed by atoms with Crippen LogP contribution in [-0.4, -0.2) is 34.6 Å². The zero-order valence-corrected chi connectivity index (χ0v) is 18.9. The quantitative estimate of drug-likeness (QED) is 0.618. The number of rotatable bonds is 7. The molecule has 2 atom stereocenters. The highest BCUT2D eigenvalue weighted by molar-refractivity contribution is 7.09. The van der Waals surface area contributed by atoms with Crippen molar-refractivity contribution in [3.05, 3.63) is 52.0 Å². The van der Waals surface area contributed by atoms with Crippen LogP contribution >= 0.6 is 11.3 Å². The van der Waals surface area contributed by atoms with Gasteiger partial charge in [-0.1, -0.05) is 44.2 Å². The number of aryl methyl sites for hydroxylation is 1. The van der Waals surface area contributed by atoms with Gasteiger partial charge in [0, 0.05) is 17.2 Å². The molecule has 0 spiro atoms. The molecule has 1 aliphatic heterocycles. The number of ketones is 2. The van der Waals surface area contributed by atoms with Crippen LogP contribution in [0.3, 0.4) is 0 Å². The molecule has 1 aliphatic rings. The Balaban J connectivity index is 1.62. The summed E-state index contributed by atoms with van der Waals surface area (Å²) in [6.07, 6.45) is 0.115. The first kappa shape index (κ1) is 23.6. The van der Waals surface area contributed by atoms with E-state index in [9.17, 15) is 19.2 Å². The number of nitrogens with zero attached hydrogens (tertiary/aromatic N) is 1. The third-order valence-corrected chi connectivity index (χ3v) is 6.34. The Morgan fingerprint density at radius 2 is 2.00 bits per heavy atom. The zero-order valence-electron chi connectivity index (χ0n) is 18.1. The number of alkyl carbamates (subject to hydrolysis) is 1. The predicted molar refractivity (Wildman–Crippen MR) is 119 cm³/mol. The summed E-state index contributed by atoms with van der Waals surface area (Å²) in [5, 5.41) is 5.21. The summed E-state index contributed by atoms with van der Waals surface area (Å²) in [7, 11) is 0. The van der Waals surface area contributed by atoms with Crippen molar-refractivity contribution < 1.29 is 23.9 Å². The van der Waals surface area contributed by atoms with Crippen molar-refractivity contribution in [2.75, 3.05) is 0 Å². The van der Waals surface area contributed by atoms with E-state index in [1.807, 2.05) is 30.3 Å². The van der Waals surface area contributed by atoms with Crippen molar-refractivity contribution >= 4 is 34.9 Å². The first-order chi connectivity index (χ1) is 15.3. The largest absolute Gasteiger partial charge is 0.445 e. The Morgan fingerprint density at radius 3 is 2.72 bits per heavy atom. The molecule has 2 heterocycles. The van der Waals surface area contributed by atoms with Gasteiger partial charge in [0.05, 0.1) is 23.8 Å². The highest BCUT2D eigenvalue weighted by Gasteiger charge is 2.33. The first-order valence-electron chi connectivity index (χ1n) is 10.6. The molecule has 9 heteroatoms. The predicted octanol–water partition coefficient (Wildman–Crippen LogP) is 2.80. The molecule has 0 saturated heterocycles. The molecule has 0 radical (unpaired) electrons. The number of benzene rings is 1. The molecule has 8 nitrogen and oxygen atoms in total. The minimum atomic E-state index is -0.819. The monoisotopic (exact) mass is 457 g/mol. The van der Waals surface area contributed by atoms with Gasteiger partial charge in [0.15, 0.2) is 5.78 Å². The van der Waals surface area contributed by atoms with E-state index in [0.717, 1.165) is 16.1 Å². The normalized spacial score (nSPS) is 17.4. The maximum atomic E-state index is 13.0. The topological polar surface area (TPSA) is 114 Å². The standard InChI is InChI=1S/C23H27N3O5S/c1-14(2)20(26-23(30)31-12-15-6-4-3-5-7-15)18(27)10-16-8-9-19-17(25-13-32-19)11-24-22(29)21(16)28/h3-7,13-14,16,20H,8-12H2,1-2H3,(H,24,29)(H,26,30). The third kappa shape index (κ3) is 6.23. The molecule has 0 fully saturated rings. The van der Waals surface area contributed by atoms with Gasteiger partial charge in [-0.25, -0.2) is 9.78 Å². The minimum absolute atomic E-state index is 0.0874. The molecule has 3 rings (SSSR count). The molecule has 2 amide bonds. The maximum absolute atomic E-state index is 13.0. The number of hydrogen-bond donors (Lipinski definition) is 2. The Bertz CT molecular complexity index is 973. The van der Waals surface area contributed by atoms with E-state index in [-0.39, 0.29) is 31.3 Å². The molecule has 32 heavy (non-hydrogen) atoms. The average Bonchev–Trinajstić information content (AvgIpc) is 3.24. The van der Waals surface area contributed by atoms with Crippen LogP contribution in [0.1, 0.15) is 42.8 Å². The number of carbonyl (C=O) groups excluding carboxylic acids is 4. The lowest BCUT2D eigenvalue weighted by Gasteiger charge is -2.23. The van der Waals surface area contributed by atoms with Crippen LogP contribution in [0, 0.1) is 11.8 Å². The highest BCUT2D eigenvalue weighted by Crippen LogP contribution is 2.23. The second-order valence-corrected chi connectivity index (χ2v) is 9.04. The SMILES string of the molecule is CC(C)C(NC(=O)OCc1ccccc1)C(=O)CC1CCc2scnc2CNC(=O)C1=O. The van der Waals surface area contributed by atoms with Gasteiger partial charge < -0.3 is 15.4 Å². The molecular formula is C23H27N3O5S. The summed E-state index contributed by atoms with van der Waals surface area (Å²) in [6, 6.07) is 8.40. The van der Waals surface area contributed by atoms with Crippen molar-refractivity contribution in [3.8, 4) is 0 Å². The highest BCUT2D eigenvalue weighted by atomic mass is 32.1. The number of carbonyl (C=O) groups is 4. The van der Waals surface area contributed by atoms with Gasteiger partial charge in [0.1, 0.15) is 6.61 Å². The van der Waals surface area contributed by atoms with E-state index >= 15 is 0 Å². The first-order valence-corrected chi connectivity index (χ1v) is 11.5. The summed E-state index contributed by atoms with van der Waals surface area (Å²) in [6.45, 7) is 3.90. The molecule has 1 aromatic carbocycles. The minimum Gasteiger partial charge on any atom is -0.445 e. The number of amides is 2. The van der Waals surface area contributed by atoms with Crippen LogP contribution < -0.4 is 10.6 Å². The second kappa shape index (κ2) is 11.0. The van der Waals surface area contributed by atoms with Gasteiger partial charge in [-0.05, 0) is 24.3 Å². The Morgan fingerprint density at radius 1 is 1.25 bits per heavy atom. The van der Waals surface area contributed by atoms with Gasteiger partial charge in [0.25, 0.3) is 5.91 Å². The lowest BCUT2D eigenvalue weighted by atomic mass is 9.87. The number of aromatic nitrogens is 1. The lowest BCUT2D eigenvalue weighted by Crippen LogP contribution is -2.46. The summed E-state index contributed by atoms with van der Waals surface area (Å²) < 4.78 is 5.23. The molecule has 0 saturated carbocycles. The van der Waals surface area contributed by atoms with Crippen LogP contribution in [0.2, 0.25) is 0 Å². The van der Waals surface area contributed by atoms with E-state index in [4.69, 9.17) is 4.74 Å². The zero-order chi connectivity index (χ0) is 23.1. The van der Waals surface area contributed by atoms with Crippen molar-refractivity contribution in [1.29, 1.82) is 0 Å². The molecule has 1 aromatic heterocycles. The van der Waals surface area contributed by atoms with E-state index in [1.165, 1.54) is 11.3 Å². The van der Waals surface area contributed by atoms with Crippen LogP contribution in [0.4, 0.5) is 4.79 Å². The summed E-state index contributed by atoms with van der Waals surface area (Å²) in [5.41, 5.74) is 3.30. The van der Waals surface area contributed by atoms with Crippen molar-refractivity contribution in [3.63, 3.8) is 0 Å². The van der Waals surface area contributed by atoms with Crippen molar-refractivity contribution in [2.24, 2.45) is 11.8 Å². The van der Waals surface area contributed by atoms with Crippen LogP contribution in [0.5, 0.6) is 0 Å². The smallest absolute Gasteiger partial charge is 0.408 e. The summed E-state index contributed by atoms with van der Waals surface area (Å²) >= 11 is 1.47. The number of hydrogen-bond acceptors (Lipinski definition) is 7. The lowest BCUT2D eigenvalue weighted by molar-refractivity contribution is -0.141. The average molecular weight is 458 g/mol. The van der Waals surface area contributed by atoms with Gasteiger partial charge >= 0.3 is 6.09 Å². The number of Topliss-reactive ketones (excluding diaryl/α,β-unsaturated/α-hetero) is 2. The fourth-order valence-electron chi connectivity index (χ4n) is 3.59. The fourth-order valence-corrected chi connectivity index (χ4v) is 4.39. The molecule has 170 valence electrons. The molecule has 2 N–H and O–H groups in total. The molecular weight excluding hydrogens is 430 g/mol. The van der Waals surface area contributed by atoms with Gasteiger partial charge in [-0.3, -0.25) is 14.4 Å². The number of thiazole rings is 1. The maximum Gasteiger partial charge on any atom is 0.408 e. The van der Waals surface area contributed by atoms with Gasteiger partial charge in [0.2, 0.25) is 5.78 Å². The van der Waals surface area contributed by atoms with E-state index in [0.29, 0.717) is 12.8 Å². The van der Waals surface area contributed by atoms with Crippen LogP contribution in [0.25, 0.3) is 0 Å². The number of nitrogens with one attached hydrogen (secondary N) is 2. The van der Waals surface area contributed by atoms with Crippen molar-refractivity contribution in [2.45, 2.75) is 52.3 Å². The molecule has 0 bridgehead atoms. The van der Waals surface area contributed by atoms with Gasteiger partial charge in [-0.15, -0.1) is 11.3 Å². The third-order valence-electron chi connectivity index (χ3n) is 5.40. The fraction of sp³-hybridized carbons (Fsp3) is 0.435. The Hall–Kier alpha value is -3.07. The van der Waals surface area contributed by atoms with E-state index in [2.05, 4.69) is 15.6 Å². The van der Waals surface area contributed by atoms with Crippen LogP contribution in [-0.2, 0) is 38.7 Å². The van der Waals surface area contributed by atoms with Crippen molar-refractivity contribution in [1.82, 2.24) is 15.6 Å². The number of ether oxygens (including phenoxy) is 1. The Kier molecular flexibility index (Phi) is 8.10.